The van der Waals surface area contributed by atoms with Crippen LogP contribution in [0.2, 0.25) is 0 Å². The van der Waals surface area contributed by atoms with Crippen LogP contribution in [0.3, 0.4) is 0 Å². The van der Waals surface area contributed by atoms with Crippen molar-refractivity contribution in [1.82, 2.24) is 14.1 Å². The highest BCUT2D eigenvalue weighted by Gasteiger charge is 2.34. The van der Waals surface area contributed by atoms with Crippen LogP contribution in [0.15, 0.2) is 29.2 Å². The molecule has 1 aromatic rings. The molecule has 2 aliphatic heterocycles. The van der Waals surface area contributed by atoms with Crippen molar-refractivity contribution >= 4 is 27.6 Å². The molecule has 8 nitrogen and oxygen atoms in total. The van der Waals surface area contributed by atoms with Gasteiger partial charge in [0.1, 0.15) is 0 Å². The highest BCUT2D eigenvalue weighted by atomic mass is 32.2. The van der Waals surface area contributed by atoms with Gasteiger partial charge in [0, 0.05) is 56.7 Å². The van der Waals surface area contributed by atoms with E-state index < -0.39 is 10.0 Å². The van der Waals surface area contributed by atoms with Crippen molar-refractivity contribution in [3.05, 3.63) is 29.8 Å². The molecule has 0 aliphatic carbocycles. The van der Waals surface area contributed by atoms with Gasteiger partial charge in [0.25, 0.3) is 0 Å². The van der Waals surface area contributed by atoms with Gasteiger partial charge in [0.05, 0.1) is 4.90 Å². The molecule has 0 aromatic heterocycles. The molecule has 2 fully saturated rings. The van der Waals surface area contributed by atoms with Gasteiger partial charge in [0.15, 0.2) is 5.78 Å². The summed E-state index contributed by atoms with van der Waals surface area (Å²) in [5, 5.41) is 0. The Morgan fingerprint density at radius 1 is 0.935 bits per heavy atom. The number of nitrogens with zero attached hydrogens (tertiary/aromatic N) is 3. The Hall–Kier alpha value is -2.26. The van der Waals surface area contributed by atoms with E-state index in [1.807, 2.05) is 18.7 Å². The number of piperidine rings is 1. The molecular formula is C22H31N3O5S. The molecule has 0 unspecified atom stereocenters. The van der Waals surface area contributed by atoms with E-state index >= 15 is 0 Å². The maximum Gasteiger partial charge on any atom is 0.243 e. The Balaban J connectivity index is 1.57. The average Bonchev–Trinajstić information content (AvgIpc) is 2.78. The van der Waals surface area contributed by atoms with Gasteiger partial charge in [-0.3, -0.25) is 14.4 Å². The van der Waals surface area contributed by atoms with Crippen LogP contribution in [-0.4, -0.2) is 79.4 Å². The minimum Gasteiger partial charge on any atom is -0.342 e. The summed E-state index contributed by atoms with van der Waals surface area (Å²) in [6.07, 6.45) is 1.29. The van der Waals surface area contributed by atoms with Gasteiger partial charge >= 0.3 is 0 Å². The summed E-state index contributed by atoms with van der Waals surface area (Å²) < 4.78 is 27.3. The number of likely N-dealkylation sites (tertiary alicyclic amines) is 1. The molecule has 9 heteroatoms. The highest BCUT2D eigenvalue weighted by molar-refractivity contribution is 7.89. The Bertz CT molecular complexity index is 944. The summed E-state index contributed by atoms with van der Waals surface area (Å²) in [4.78, 5) is 40.3. The fraction of sp³-hybridized carbons (Fsp3) is 0.591. The fourth-order valence-electron chi connectivity index (χ4n) is 4.14. The molecule has 0 atom stereocenters. The van der Waals surface area contributed by atoms with Crippen LogP contribution < -0.4 is 0 Å². The van der Waals surface area contributed by atoms with Crippen LogP contribution in [0.5, 0.6) is 0 Å². The van der Waals surface area contributed by atoms with Crippen LogP contribution in [0.4, 0.5) is 0 Å². The summed E-state index contributed by atoms with van der Waals surface area (Å²) in [6, 6.07) is 6.06. The maximum absolute atomic E-state index is 13.0. The van der Waals surface area contributed by atoms with Crippen molar-refractivity contribution < 1.29 is 22.8 Å². The SMILES string of the molecule is CC(=O)c1cccc(S(=O)(=O)N2CCN(C(=O)C3CCN(C(=O)C(C)C)CC3)CC2)c1. The van der Waals surface area contributed by atoms with E-state index in [0.29, 0.717) is 44.6 Å². The van der Waals surface area contributed by atoms with Gasteiger partial charge in [-0.25, -0.2) is 8.42 Å². The van der Waals surface area contributed by atoms with E-state index in [4.69, 9.17) is 0 Å². The summed E-state index contributed by atoms with van der Waals surface area (Å²) in [5.74, 6) is -0.176. The van der Waals surface area contributed by atoms with Crippen molar-refractivity contribution in [2.24, 2.45) is 11.8 Å². The van der Waals surface area contributed by atoms with Crippen LogP contribution >= 0.6 is 0 Å². The Labute approximate surface area is 184 Å². The lowest BCUT2D eigenvalue weighted by Crippen LogP contribution is -2.53. The summed E-state index contributed by atoms with van der Waals surface area (Å²) in [6.45, 7) is 7.48. The molecule has 3 rings (SSSR count). The predicted molar refractivity (Wildman–Crippen MR) is 116 cm³/mol. The van der Waals surface area contributed by atoms with Gasteiger partial charge in [-0.05, 0) is 31.9 Å². The third-order valence-corrected chi connectivity index (χ3v) is 7.97. The predicted octanol–water partition coefficient (Wildman–Crippen LogP) is 1.62. The first-order valence-corrected chi connectivity index (χ1v) is 12.2. The van der Waals surface area contributed by atoms with Crippen LogP contribution in [0.1, 0.15) is 44.0 Å². The summed E-state index contributed by atoms with van der Waals surface area (Å²) >= 11 is 0. The zero-order valence-electron chi connectivity index (χ0n) is 18.4. The molecule has 0 spiro atoms. The molecule has 170 valence electrons. The molecule has 0 N–H and O–H groups in total. The first-order valence-electron chi connectivity index (χ1n) is 10.8. The zero-order chi connectivity index (χ0) is 22.8. The quantitative estimate of drug-likeness (QED) is 0.637. The number of sulfonamides is 1. The van der Waals surface area contributed by atoms with E-state index in [-0.39, 0.29) is 47.4 Å². The highest BCUT2D eigenvalue weighted by Crippen LogP contribution is 2.24. The van der Waals surface area contributed by atoms with Crippen molar-refractivity contribution in [2.45, 2.75) is 38.5 Å². The number of carbonyl (C=O) groups is 3. The molecule has 2 amide bonds. The van der Waals surface area contributed by atoms with E-state index in [9.17, 15) is 22.8 Å². The Morgan fingerprint density at radius 3 is 2.10 bits per heavy atom. The maximum atomic E-state index is 13.0. The van der Waals surface area contributed by atoms with Crippen LogP contribution in [-0.2, 0) is 19.6 Å². The topological polar surface area (TPSA) is 95.1 Å². The monoisotopic (exact) mass is 449 g/mol. The second kappa shape index (κ2) is 9.48. The van der Waals surface area contributed by atoms with Crippen molar-refractivity contribution in [2.75, 3.05) is 39.3 Å². The average molecular weight is 450 g/mol. The second-order valence-corrected chi connectivity index (χ2v) is 10.5. The molecular weight excluding hydrogens is 418 g/mol. The number of benzene rings is 1. The molecule has 31 heavy (non-hydrogen) atoms. The molecule has 2 heterocycles. The molecule has 0 radical (unpaired) electrons. The van der Waals surface area contributed by atoms with Crippen LogP contribution in [0.25, 0.3) is 0 Å². The Kier molecular flexibility index (Phi) is 7.16. The van der Waals surface area contributed by atoms with Gasteiger partial charge in [-0.2, -0.15) is 4.31 Å². The third kappa shape index (κ3) is 5.15. The molecule has 0 bridgehead atoms. The fourth-order valence-corrected chi connectivity index (χ4v) is 5.61. The number of piperazine rings is 1. The third-order valence-electron chi connectivity index (χ3n) is 6.08. The number of amides is 2. The number of ketones is 1. The summed E-state index contributed by atoms with van der Waals surface area (Å²) in [5.41, 5.74) is 0.358. The molecule has 2 aliphatic rings. The normalized spacial score (nSPS) is 19.0. The van der Waals surface area contributed by atoms with Gasteiger partial charge in [-0.1, -0.05) is 26.0 Å². The van der Waals surface area contributed by atoms with Gasteiger partial charge < -0.3 is 9.80 Å². The van der Waals surface area contributed by atoms with E-state index in [1.54, 1.807) is 17.0 Å². The van der Waals surface area contributed by atoms with Gasteiger partial charge in [0.2, 0.25) is 21.8 Å². The van der Waals surface area contributed by atoms with Crippen molar-refractivity contribution in [1.29, 1.82) is 0 Å². The van der Waals surface area contributed by atoms with Crippen molar-refractivity contribution in [3.63, 3.8) is 0 Å². The Morgan fingerprint density at radius 2 is 1.55 bits per heavy atom. The largest absolute Gasteiger partial charge is 0.342 e. The van der Waals surface area contributed by atoms with E-state index in [1.165, 1.54) is 23.4 Å². The minimum absolute atomic E-state index is 0.0431. The standard InChI is InChI=1S/C22H31N3O5S/c1-16(2)21(27)23-9-7-18(8-10-23)22(28)24-11-13-25(14-12-24)31(29,30)20-6-4-5-19(15-20)17(3)26/h4-6,15-16,18H,7-14H2,1-3H3. The second-order valence-electron chi connectivity index (χ2n) is 8.57. The smallest absolute Gasteiger partial charge is 0.243 e. The van der Waals surface area contributed by atoms with E-state index in [2.05, 4.69) is 0 Å². The van der Waals surface area contributed by atoms with Crippen molar-refractivity contribution in [3.8, 4) is 0 Å². The number of carbonyl (C=O) groups excluding carboxylic acids is 3. The van der Waals surface area contributed by atoms with Crippen LogP contribution in [0, 0.1) is 11.8 Å². The number of hydrogen-bond donors (Lipinski definition) is 0. The lowest BCUT2D eigenvalue weighted by molar-refractivity contribution is -0.142. The number of rotatable bonds is 5. The first kappa shape index (κ1) is 23.4. The van der Waals surface area contributed by atoms with Gasteiger partial charge in [-0.15, -0.1) is 0 Å². The molecule has 0 saturated carbocycles. The molecule has 2 saturated heterocycles. The summed E-state index contributed by atoms with van der Waals surface area (Å²) in [7, 11) is -3.72. The number of Topliss-reactive ketones (excluding diaryl/α,β-unsaturated/α-hetero) is 1. The lowest BCUT2D eigenvalue weighted by atomic mass is 9.94. The first-order chi connectivity index (χ1) is 14.6. The van der Waals surface area contributed by atoms with E-state index in [0.717, 1.165) is 0 Å². The lowest BCUT2D eigenvalue weighted by Gasteiger charge is -2.38. The number of hydrogen-bond acceptors (Lipinski definition) is 5. The minimum atomic E-state index is -3.72. The zero-order valence-corrected chi connectivity index (χ0v) is 19.2. The molecule has 1 aromatic carbocycles.